The van der Waals surface area contributed by atoms with E-state index in [1.807, 2.05) is 30.3 Å². The highest BCUT2D eigenvalue weighted by molar-refractivity contribution is 6.31. The minimum absolute atomic E-state index is 0.128. The van der Waals surface area contributed by atoms with Crippen molar-refractivity contribution in [1.82, 2.24) is 10.6 Å². The molecule has 0 unspecified atom stereocenters. The van der Waals surface area contributed by atoms with E-state index in [2.05, 4.69) is 20.4 Å². The molecule has 2 rings (SSSR count). The van der Waals surface area contributed by atoms with Crippen molar-refractivity contribution in [3.8, 4) is 5.75 Å². The Morgan fingerprint density at radius 3 is 2.58 bits per heavy atom. The molecule has 0 aliphatic rings. The van der Waals surface area contributed by atoms with Crippen LogP contribution in [0.5, 0.6) is 5.75 Å². The number of ether oxygens (including phenoxy) is 1. The van der Waals surface area contributed by atoms with E-state index in [1.165, 1.54) is 6.07 Å². The van der Waals surface area contributed by atoms with Crippen LogP contribution in [0.3, 0.4) is 0 Å². The summed E-state index contributed by atoms with van der Waals surface area (Å²) in [6.07, 6.45) is 0. The van der Waals surface area contributed by atoms with Crippen molar-refractivity contribution in [3.63, 3.8) is 0 Å². The van der Waals surface area contributed by atoms with Gasteiger partial charge in [-0.25, -0.2) is 0 Å². The molecule has 0 saturated heterocycles. The molecule has 0 aliphatic carbocycles. The maximum atomic E-state index is 12.2. The molecule has 0 aliphatic heterocycles. The SMILES string of the molecule is CN=C(NCc1cccc(OC(F)F)c1)NCc1ccccc1Cl. The lowest BCUT2D eigenvalue weighted by Crippen LogP contribution is -2.36. The first-order valence-electron chi connectivity index (χ1n) is 7.30. The van der Waals surface area contributed by atoms with Crippen molar-refractivity contribution >= 4 is 17.6 Å². The quantitative estimate of drug-likeness (QED) is 0.613. The molecule has 0 fully saturated rings. The Morgan fingerprint density at radius 1 is 1.12 bits per heavy atom. The van der Waals surface area contributed by atoms with Crippen LogP contribution in [0.1, 0.15) is 11.1 Å². The van der Waals surface area contributed by atoms with Gasteiger partial charge in [-0.05, 0) is 29.3 Å². The Balaban J connectivity index is 1.89. The van der Waals surface area contributed by atoms with Crippen LogP contribution in [0.15, 0.2) is 53.5 Å². The second kappa shape index (κ2) is 9.08. The number of alkyl halides is 2. The van der Waals surface area contributed by atoms with Crippen molar-refractivity contribution in [2.24, 2.45) is 4.99 Å². The predicted octanol–water partition coefficient (Wildman–Crippen LogP) is 3.81. The molecule has 0 heterocycles. The molecule has 2 aromatic carbocycles. The highest BCUT2D eigenvalue weighted by atomic mass is 35.5. The summed E-state index contributed by atoms with van der Waals surface area (Å²) in [7, 11) is 1.65. The van der Waals surface area contributed by atoms with Crippen LogP contribution in [-0.4, -0.2) is 19.6 Å². The van der Waals surface area contributed by atoms with E-state index in [0.29, 0.717) is 24.1 Å². The number of rotatable bonds is 6. The van der Waals surface area contributed by atoms with Gasteiger partial charge in [-0.15, -0.1) is 0 Å². The third-order valence-electron chi connectivity index (χ3n) is 3.21. The first kappa shape index (κ1) is 18.0. The van der Waals surface area contributed by atoms with Crippen molar-refractivity contribution in [1.29, 1.82) is 0 Å². The van der Waals surface area contributed by atoms with Crippen LogP contribution in [0.2, 0.25) is 5.02 Å². The third-order valence-corrected chi connectivity index (χ3v) is 3.58. The fourth-order valence-electron chi connectivity index (χ4n) is 2.06. The standard InChI is InChI=1S/C17H18ClF2N3O/c1-21-17(23-11-13-6-2-3-8-15(13)18)22-10-12-5-4-7-14(9-12)24-16(19)20/h2-9,16H,10-11H2,1H3,(H2,21,22,23). The smallest absolute Gasteiger partial charge is 0.387 e. The number of hydrogen-bond acceptors (Lipinski definition) is 2. The zero-order valence-corrected chi connectivity index (χ0v) is 13.9. The Hall–Kier alpha value is -2.34. The van der Waals surface area contributed by atoms with Crippen molar-refractivity contribution in [3.05, 3.63) is 64.7 Å². The van der Waals surface area contributed by atoms with E-state index in [9.17, 15) is 8.78 Å². The van der Waals surface area contributed by atoms with Crippen LogP contribution in [0, 0.1) is 0 Å². The lowest BCUT2D eigenvalue weighted by Gasteiger charge is -2.13. The van der Waals surface area contributed by atoms with Crippen molar-refractivity contribution in [2.45, 2.75) is 19.7 Å². The summed E-state index contributed by atoms with van der Waals surface area (Å²) in [5.41, 5.74) is 1.75. The lowest BCUT2D eigenvalue weighted by atomic mass is 10.2. The van der Waals surface area contributed by atoms with E-state index in [1.54, 1.807) is 19.2 Å². The molecule has 2 aromatic rings. The number of nitrogens with one attached hydrogen (secondary N) is 2. The fourth-order valence-corrected chi connectivity index (χ4v) is 2.26. The second-order valence-electron chi connectivity index (χ2n) is 4.90. The molecule has 24 heavy (non-hydrogen) atoms. The van der Waals surface area contributed by atoms with E-state index >= 15 is 0 Å². The number of halogens is 3. The summed E-state index contributed by atoms with van der Waals surface area (Å²) in [5, 5.41) is 6.93. The molecule has 0 aromatic heterocycles. The van der Waals surface area contributed by atoms with Gasteiger partial charge >= 0.3 is 6.61 Å². The molecule has 4 nitrogen and oxygen atoms in total. The monoisotopic (exact) mass is 353 g/mol. The van der Waals surface area contributed by atoms with Gasteiger partial charge in [-0.3, -0.25) is 4.99 Å². The molecular weight excluding hydrogens is 336 g/mol. The van der Waals surface area contributed by atoms with Gasteiger partial charge in [0, 0.05) is 25.2 Å². The van der Waals surface area contributed by atoms with E-state index in [-0.39, 0.29) is 5.75 Å². The van der Waals surface area contributed by atoms with Crippen LogP contribution >= 0.6 is 11.6 Å². The number of aliphatic imine (C=N–C) groups is 1. The van der Waals surface area contributed by atoms with Crippen molar-refractivity contribution < 1.29 is 13.5 Å². The number of guanidine groups is 1. The van der Waals surface area contributed by atoms with Gasteiger partial charge in [0.1, 0.15) is 5.75 Å². The highest BCUT2D eigenvalue weighted by Crippen LogP contribution is 2.16. The summed E-state index contributed by atoms with van der Waals surface area (Å²) in [6.45, 7) is -1.89. The van der Waals surface area contributed by atoms with E-state index in [0.717, 1.165) is 11.1 Å². The third kappa shape index (κ3) is 5.70. The Labute approximate surface area is 144 Å². The number of nitrogens with zero attached hydrogens (tertiary/aromatic N) is 1. The molecule has 0 spiro atoms. The molecule has 0 saturated carbocycles. The molecular formula is C17H18ClF2N3O. The zero-order chi connectivity index (χ0) is 17.4. The van der Waals surface area contributed by atoms with Crippen LogP contribution in [0.25, 0.3) is 0 Å². The number of benzene rings is 2. The average Bonchev–Trinajstić information content (AvgIpc) is 2.56. The molecule has 0 amide bonds. The van der Waals surface area contributed by atoms with Gasteiger partial charge in [0.2, 0.25) is 0 Å². The molecule has 0 radical (unpaired) electrons. The molecule has 0 atom stereocenters. The summed E-state index contributed by atoms with van der Waals surface area (Å²) in [6, 6.07) is 14.0. The summed E-state index contributed by atoms with van der Waals surface area (Å²) in [5.74, 6) is 0.707. The summed E-state index contributed by atoms with van der Waals surface area (Å²) >= 11 is 6.11. The molecule has 128 valence electrons. The summed E-state index contributed by atoms with van der Waals surface area (Å²) < 4.78 is 28.9. The van der Waals surface area contributed by atoms with Crippen molar-refractivity contribution in [2.75, 3.05) is 7.05 Å². The van der Waals surface area contributed by atoms with Crippen LogP contribution < -0.4 is 15.4 Å². The fraction of sp³-hybridized carbons (Fsp3) is 0.235. The van der Waals surface area contributed by atoms with Gasteiger partial charge in [-0.2, -0.15) is 8.78 Å². The van der Waals surface area contributed by atoms with Gasteiger partial charge in [0.15, 0.2) is 5.96 Å². The minimum Gasteiger partial charge on any atom is -0.435 e. The van der Waals surface area contributed by atoms with E-state index in [4.69, 9.17) is 11.6 Å². The number of hydrogen-bond donors (Lipinski definition) is 2. The maximum Gasteiger partial charge on any atom is 0.387 e. The zero-order valence-electron chi connectivity index (χ0n) is 13.1. The highest BCUT2D eigenvalue weighted by Gasteiger charge is 2.05. The maximum absolute atomic E-state index is 12.2. The minimum atomic E-state index is -2.83. The Bertz CT molecular complexity index is 695. The summed E-state index contributed by atoms with van der Waals surface area (Å²) in [4.78, 5) is 4.12. The van der Waals surface area contributed by atoms with Gasteiger partial charge in [-0.1, -0.05) is 41.9 Å². The van der Waals surface area contributed by atoms with Crippen LogP contribution in [-0.2, 0) is 13.1 Å². The van der Waals surface area contributed by atoms with E-state index < -0.39 is 6.61 Å². The predicted molar refractivity (Wildman–Crippen MR) is 91.6 cm³/mol. The largest absolute Gasteiger partial charge is 0.435 e. The first-order chi connectivity index (χ1) is 11.6. The Kier molecular flexibility index (Phi) is 6.81. The average molecular weight is 354 g/mol. The molecule has 0 bridgehead atoms. The van der Waals surface area contributed by atoms with Crippen LogP contribution in [0.4, 0.5) is 8.78 Å². The van der Waals surface area contributed by atoms with Gasteiger partial charge in [0.25, 0.3) is 0 Å². The normalized spacial score (nSPS) is 11.5. The Morgan fingerprint density at radius 2 is 1.88 bits per heavy atom. The van der Waals surface area contributed by atoms with Gasteiger partial charge in [0.05, 0.1) is 0 Å². The topological polar surface area (TPSA) is 45.7 Å². The van der Waals surface area contributed by atoms with Gasteiger partial charge < -0.3 is 15.4 Å². The molecule has 2 N–H and O–H groups in total. The lowest BCUT2D eigenvalue weighted by molar-refractivity contribution is -0.0498. The second-order valence-corrected chi connectivity index (χ2v) is 5.30. The molecule has 7 heteroatoms. The first-order valence-corrected chi connectivity index (χ1v) is 7.68.